The molecule has 0 saturated heterocycles. The lowest BCUT2D eigenvalue weighted by Gasteiger charge is -2.06. The summed E-state index contributed by atoms with van der Waals surface area (Å²) in [5.74, 6) is -0.716. The van der Waals surface area contributed by atoms with Crippen molar-refractivity contribution in [3.63, 3.8) is 0 Å². The summed E-state index contributed by atoms with van der Waals surface area (Å²) < 4.78 is 9.19. The molecule has 0 atom stereocenters. The number of benzene rings is 2. The van der Waals surface area contributed by atoms with E-state index in [4.69, 9.17) is 23.2 Å². The van der Waals surface area contributed by atoms with E-state index in [9.17, 15) is 9.59 Å². The molecule has 0 N–H and O–H groups in total. The van der Waals surface area contributed by atoms with E-state index in [1.807, 2.05) is 0 Å². The van der Waals surface area contributed by atoms with Gasteiger partial charge in [0.25, 0.3) is 0 Å². The van der Waals surface area contributed by atoms with Crippen LogP contribution in [0, 0.1) is 6.92 Å². The van der Waals surface area contributed by atoms with E-state index < -0.39 is 0 Å². The maximum Gasteiger partial charge on any atom is 0.338 e. The van der Waals surface area contributed by atoms with Gasteiger partial charge in [-0.15, -0.1) is 0 Å². The third-order valence-electron chi connectivity index (χ3n) is 3.33. The number of hydrogen-bond donors (Lipinski definition) is 0. The highest BCUT2D eigenvalue weighted by Crippen LogP contribution is 2.23. The van der Waals surface area contributed by atoms with Crippen LogP contribution < -0.4 is 0 Å². The smallest absolute Gasteiger partial charge is 0.338 e. The first-order valence-electron chi connectivity index (χ1n) is 7.12. The average molecular weight is 448 g/mol. The van der Waals surface area contributed by atoms with Crippen LogP contribution in [-0.2, 0) is 14.8 Å². The molecule has 0 aromatic heterocycles. The number of alkyl halides is 1. The second kappa shape index (κ2) is 10.4. The molecular weight excluding hydrogens is 431 g/mol. The van der Waals surface area contributed by atoms with Crippen LogP contribution >= 0.6 is 39.1 Å². The molecule has 25 heavy (non-hydrogen) atoms. The van der Waals surface area contributed by atoms with Crippen LogP contribution in [0.1, 0.15) is 31.8 Å². The molecule has 2 aromatic carbocycles. The average Bonchev–Trinajstić information content (AvgIpc) is 2.63. The van der Waals surface area contributed by atoms with Crippen molar-refractivity contribution in [1.82, 2.24) is 0 Å². The van der Waals surface area contributed by atoms with Gasteiger partial charge in [0.15, 0.2) is 0 Å². The van der Waals surface area contributed by atoms with Gasteiger partial charge in [0.2, 0.25) is 0 Å². The normalized spacial score (nSPS) is 9.68. The third kappa shape index (κ3) is 5.73. The molecule has 2 aromatic rings. The fourth-order valence-corrected chi connectivity index (χ4v) is 3.12. The number of rotatable bonds is 3. The number of ether oxygens (including phenoxy) is 2. The van der Waals surface area contributed by atoms with Gasteiger partial charge in [-0.2, -0.15) is 0 Å². The largest absolute Gasteiger partial charge is 0.465 e. The molecule has 0 amide bonds. The van der Waals surface area contributed by atoms with Crippen molar-refractivity contribution in [2.24, 2.45) is 0 Å². The summed E-state index contributed by atoms with van der Waals surface area (Å²) in [6.45, 7) is 1.79. The first-order valence-corrected chi connectivity index (χ1v) is 9.00. The first kappa shape index (κ1) is 21.5. The van der Waals surface area contributed by atoms with E-state index in [0.29, 0.717) is 26.5 Å². The summed E-state index contributed by atoms with van der Waals surface area (Å²) in [6, 6.07) is 10.3. The maximum absolute atomic E-state index is 11.2. The van der Waals surface area contributed by atoms with Crippen LogP contribution in [0.3, 0.4) is 0 Å². The lowest BCUT2D eigenvalue weighted by molar-refractivity contribution is 0.0591. The quantitative estimate of drug-likeness (QED) is 0.463. The Kier molecular flexibility index (Phi) is 8.97. The van der Waals surface area contributed by atoms with Gasteiger partial charge < -0.3 is 9.47 Å². The molecule has 0 bridgehead atoms. The predicted octanol–water partition coefficient (Wildman–Crippen LogP) is 5.46. The summed E-state index contributed by atoms with van der Waals surface area (Å²) >= 11 is 15.0. The van der Waals surface area contributed by atoms with Crippen molar-refractivity contribution < 1.29 is 19.1 Å². The molecule has 0 aliphatic rings. The highest BCUT2D eigenvalue weighted by atomic mass is 79.9. The zero-order valence-electron chi connectivity index (χ0n) is 13.9. The molecule has 4 nitrogen and oxygen atoms in total. The molecule has 0 fully saturated rings. The van der Waals surface area contributed by atoms with E-state index in [1.165, 1.54) is 14.2 Å². The van der Waals surface area contributed by atoms with Crippen molar-refractivity contribution in [3.8, 4) is 0 Å². The van der Waals surface area contributed by atoms with E-state index in [0.717, 1.165) is 11.1 Å². The Morgan fingerprint density at radius 2 is 1.40 bits per heavy atom. The first-order chi connectivity index (χ1) is 11.9. The van der Waals surface area contributed by atoms with Gasteiger partial charge in [-0.25, -0.2) is 9.59 Å². The maximum atomic E-state index is 11.2. The minimum atomic E-state index is -0.364. The molecule has 0 unspecified atom stereocenters. The molecule has 2 rings (SSSR count). The third-order valence-corrected chi connectivity index (χ3v) is 4.66. The minimum absolute atomic E-state index is 0.352. The zero-order chi connectivity index (χ0) is 19.0. The zero-order valence-corrected chi connectivity index (χ0v) is 17.0. The molecular formula is C18H17BrCl2O4. The van der Waals surface area contributed by atoms with Crippen molar-refractivity contribution in [1.29, 1.82) is 0 Å². The van der Waals surface area contributed by atoms with Crippen LogP contribution in [0.4, 0.5) is 0 Å². The summed E-state index contributed by atoms with van der Waals surface area (Å²) in [4.78, 5) is 22.3. The summed E-state index contributed by atoms with van der Waals surface area (Å²) in [5, 5.41) is 1.69. The number of hydrogen-bond acceptors (Lipinski definition) is 4. The number of halogens is 3. The Bertz CT molecular complexity index is 763. The van der Waals surface area contributed by atoms with Crippen LogP contribution in [-0.4, -0.2) is 26.2 Å². The van der Waals surface area contributed by atoms with Gasteiger partial charge >= 0.3 is 11.9 Å². The van der Waals surface area contributed by atoms with Crippen LogP contribution in [0.5, 0.6) is 0 Å². The topological polar surface area (TPSA) is 52.6 Å². The van der Waals surface area contributed by atoms with Crippen molar-refractivity contribution in [2.75, 3.05) is 14.2 Å². The Morgan fingerprint density at radius 1 is 0.920 bits per heavy atom. The van der Waals surface area contributed by atoms with Gasteiger partial charge in [0.1, 0.15) is 0 Å². The number of methoxy groups -OCH3 is 2. The second-order valence-electron chi connectivity index (χ2n) is 4.80. The number of esters is 2. The molecule has 0 aliphatic carbocycles. The Balaban J connectivity index is 0.000000251. The monoisotopic (exact) mass is 446 g/mol. The lowest BCUT2D eigenvalue weighted by atomic mass is 10.1. The standard InChI is InChI=1S/C9H8BrClO2.C9H9ClO2/c1-13-9(12)6-3-2-4-8(11)7(6)5-10;1-6-7(9(11)12-2)4-3-5-8(6)10/h2-4H,5H2,1H3;3-5H,1-2H3. The van der Waals surface area contributed by atoms with E-state index in [1.54, 1.807) is 43.3 Å². The minimum Gasteiger partial charge on any atom is -0.465 e. The Labute approximate surface area is 165 Å². The summed E-state index contributed by atoms with van der Waals surface area (Å²) in [5.41, 5.74) is 2.54. The van der Waals surface area contributed by atoms with Gasteiger partial charge in [-0.3, -0.25) is 0 Å². The number of carbonyl (C=O) groups excluding carboxylic acids is 2. The van der Waals surface area contributed by atoms with E-state index in [-0.39, 0.29) is 11.9 Å². The SMILES string of the molecule is COC(=O)c1cccc(Cl)c1C.COC(=O)c1cccc(Cl)c1CBr. The van der Waals surface area contributed by atoms with E-state index >= 15 is 0 Å². The van der Waals surface area contributed by atoms with Crippen LogP contribution in [0.2, 0.25) is 10.0 Å². The predicted molar refractivity (Wildman–Crippen MR) is 103 cm³/mol. The second-order valence-corrected chi connectivity index (χ2v) is 6.17. The lowest BCUT2D eigenvalue weighted by Crippen LogP contribution is -2.04. The van der Waals surface area contributed by atoms with Crippen LogP contribution in [0.25, 0.3) is 0 Å². The van der Waals surface area contributed by atoms with Crippen LogP contribution in [0.15, 0.2) is 36.4 Å². The Hall–Kier alpha value is -1.56. The van der Waals surface area contributed by atoms with Crippen molar-refractivity contribution in [2.45, 2.75) is 12.3 Å². The molecule has 0 saturated carbocycles. The van der Waals surface area contributed by atoms with Gasteiger partial charge in [0.05, 0.1) is 25.3 Å². The summed E-state index contributed by atoms with van der Waals surface area (Å²) in [7, 11) is 2.70. The molecule has 7 heteroatoms. The fraction of sp³-hybridized carbons (Fsp3) is 0.222. The molecule has 0 radical (unpaired) electrons. The van der Waals surface area contributed by atoms with Gasteiger partial charge in [0, 0.05) is 15.4 Å². The molecule has 0 spiro atoms. The van der Waals surface area contributed by atoms with E-state index in [2.05, 4.69) is 25.4 Å². The van der Waals surface area contributed by atoms with Crippen molar-refractivity contribution >= 4 is 51.1 Å². The summed E-state index contributed by atoms with van der Waals surface area (Å²) in [6.07, 6.45) is 0. The van der Waals surface area contributed by atoms with Gasteiger partial charge in [-0.1, -0.05) is 51.3 Å². The van der Waals surface area contributed by atoms with Crippen molar-refractivity contribution in [3.05, 3.63) is 68.7 Å². The Morgan fingerprint density at radius 3 is 1.92 bits per heavy atom. The highest BCUT2D eigenvalue weighted by Gasteiger charge is 2.12. The molecule has 134 valence electrons. The fourth-order valence-electron chi connectivity index (χ4n) is 1.93. The number of carbonyl (C=O) groups is 2. The molecule has 0 heterocycles. The highest BCUT2D eigenvalue weighted by molar-refractivity contribution is 9.08. The molecule has 0 aliphatic heterocycles. The van der Waals surface area contributed by atoms with Gasteiger partial charge in [-0.05, 0) is 42.3 Å².